The molecule has 2 atom stereocenters. The number of carbonyl (C=O) groups excluding carboxylic acids is 1. The van der Waals surface area contributed by atoms with Gasteiger partial charge in [-0.1, -0.05) is 0 Å². The Morgan fingerprint density at radius 2 is 2.33 bits per heavy atom. The molecule has 0 N–H and O–H groups in total. The zero-order valence-corrected chi connectivity index (χ0v) is 9.58. The Kier molecular flexibility index (Phi) is 3.76. The zero-order valence-electron chi connectivity index (χ0n) is 9.58. The van der Waals surface area contributed by atoms with Gasteiger partial charge in [0.05, 0.1) is 6.10 Å². The predicted molar refractivity (Wildman–Crippen MR) is 58.8 cm³/mol. The van der Waals surface area contributed by atoms with E-state index in [1.54, 1.807) is 0 Å². The van der Waals surface area contributed by atoms with Crippen LogP contribution in [-0.4, -0.2) is 43.0 Å². The summed E-state index contributed by atoms with van der Waals surface area (Å²) in [6, 6.07) is 0. The molecule has 1 aliphatic heterocycles. The highest BCUT2D eigenvalue weighted by Gasteiger charge is 2.27. The van der Waals surface area contributed by atoms with Crippen molar-refractivity contribution in [1.82, 2.24) is 4.90 Å². The van der Waals surface area contributed by atoms with Crippen LogP contribution in [0.15, 0.2) is 0 Å². The molecule has 0 aromatic carbocycles. The lowest BCUT2D eigenvalue weighted by atomic mass is 10.1. The molecular formula is C12H21NO2. The molecule has 0 bridgehead atoms. The second kappa shape index (κ2) is 5.08. The van der Waals surface area contributed by atoms with Crippen molar-refractivity contribution in [2.24, 2.45) is 5.92 Å². The molecule has 3 nitrogen and oxygen atoms in total. The molecule has 2 rings (SSSR count). The summed E-state index contributed by atoms with van der Waals surface area (Å²) in [4.78, 5) is 14.0. The minimum absolute atomic E-state index is 0.315. The van der Waals surface area contributed by atoms with E-state index in [0.29, 0.717) is 17.8 Å². The fourth-order valence-electron chi connectivity index (χ4n) is 2.64. The second-order valence-corrected chi connectivity index (χ2v) is 4.85. The molecule has 0 aromatic rings. The third-order valence-corrected chi connectivity index (χ3v) is 3.45. The maximum absolute atomic E-state index is 11.6. The van der Waals surface area contributed by atoms with Crippen molar-refractivity contribution in [3.63, 3.8) is 0 Å². The SMILES string of the molecule is CC1CN(CC2CCCC2=O)CCCO1. The predicted octanol–water partition coefficient (Wildman–Crippen LogP) is 1.47. The minimum atomic E-state index is 0.315. The lowest BCUT2D eigenvalue weighted by Gasteiger charge is -2.24. The van der Waals surface area contributed by atoms with Crippen molar-refractivity contribution in [1.29, 1.82) is 0 Å². The monoisotopic (exact) mass is 211 g/mol. The van der Waals surface area contributed by atoms with Crippen LogP contribution < -0.4 is 0 Å². The van der Waals surface area contributed by atoms with Gasteiger partial charge in [-0.25, -0.2) is 0 Å². The Labute approximate surface area is 91.8 Å². The van der Waals surface area contributed by atoms with Crippen LogP contribution in [0.4, 0.5) is 0 Å². The number of hydrogen-bond acceptors (Lipinski definition) is 3. The average Bonchev–Trinajstić information content (AvgIpc) is 2.48. The van der Waals surface area contributed by atoms with Crippen molar-refractivity contribution in [2.45, 2.75) is 38.7 Å². The van der Waals surface area contributed by atoms with Gasteiger partial charge in [-0.05, 0) is 26.2 Å². The second-order valence-electron chi connectivity index (χ2n) is 4.85. The number of ether oxygens (including phenoxy) is 1. The van der Waals surface area contributed by atoms with Gasteiger partial charge < -0.3 is 4.74 Å². The molecule has 3 heteroatoms. The molecule has 1 heterocycles. The molecular weight excluding hydrogens is 190 g/mol. The number of ketones is 1. The first-order chi connectivity index (χ1) is 7.25. The van der Waals surface area contributed by atoms with Crippen molar-refractivity contribution in [2.75, 3.05) is 26.2 Å². The Bertz CT molecular complexity index is 230. The molecule has 0 spiro atoms. The number of rotatable bonds is 2. The van der Waals surface area contributed by atoms with Crippen LogP contribution in [-0.2, 0) is 9.53 Å². The molecule has 1 aliphatic carbocycles. The molecule has 0 aromatic heterocycles. The summed E-state index contributed by atoms with van der Waals surface area (Å²) in [5.74, 6) is 0.795. The summed E-state index contributed by atoms with van der Waals surface area (Å²) in [6.07, 6.45) is 4.44. The van der Waals surface area contributed by atoms with E-state index in [1.807, 2.05) is 0 Å². The maximum atomic E-state index is 11.6. The van der Waals surface area contributed by atoms with Gasteiger partial charge >= 0.3 is 0 Å². The molecule has 15 heavy (non-hydrogen) atoms. The van der Waals surface area contributed by atoms with Crippen LogP contribution in [0.25, 0.3) is 0 Å². The van der Waals surface area contributed by atoms with Crippen molar-refractivity contribution in [3.05, 3.63) is 0 Å². The molecule has 2 aliphatic rings. The Hall–Kier alpha value is -0.410. The normalized spacial score (nSPS) is 34.3. The van der Waals surface area contributed by atoms with E-state index in [4.69, 9.17) is 4.74 Å². The topological polar surface area (TPSA) is 29.5 Å². The highest BCUT2D eigenvalue weighted by molar-refractivity contribution is 5.83. The summed E-state index contributed by atoms with van der Waals surface area (Å²) in [7, 11) is 0. The average molecular weight is 211 g/mol. The van der Waals surface area contributed by atoms with E-state index in [2.05, 4.69) is 11.8 Å². The van der Waals surface area contributed by atoms with E-state index < -0.39 is 0 Å². The summed E-state index contributed by atoms with van der Waals surface area (Å²) in [6.45, 7) is 6.04. The van der Waals surface area contributed by atoms with E-state index >= 15 is 0 Å². The van der Waals surface area contributed by atoms with Gasteiger partial charge in [0.1, 0.15) is 5.78 Å². The number of nitrogens with zero attached hydrogens (tertiary/aromatic N) is 1. The van der Waals surface area contributed by atoms with Crippen LogP contribution in [0.3, 0.4) is 0 Å². The standard InChI is InChI=1S/C12H21NO2/c1-10-8-13(6-3-7-15-10)9-11-4-2-5-12(11)14/h10-11H,2-9H2,1H3. The van der Waals surface area contributed by atoms with Crippen LogP contribution in [0.2, 0.25) is 0 Å². The Morgan fingerprint density at radius 3 is 3.07 bits per heavy atom. The van der Waals surface area contributed by atoms with Crippen LogP contribution >= 0.6 is 0 Å². The highest BCUT2D eigenvalue weighted by atomic mass is 16.5. The molecule has 1 saturated carbocycles. The van der Waals surface area contributed by atoms with Gasteiger partial charge in [-0.15, -0.1) is 0 Å². The lowest BCUT2D eigenvalue weighted by molar-refractivity contribution is -0.121. The van der Waals surface area contributed by atoms with Gasteiger partial charge in [-0.3, -0.25) is 9.69 Å². The first-order valence-electron chi connectivity index (χ1n) is 6.12. The first kappa shape index (κ1) is 11.1. The molecule has 1 saturated heterocycles. The van der Waals surface area contributed by atoms with Crippen molar-refractivity contribution in [3.8, 4) is 0 Å². The quantitative estimate of drug-likeness (QED) is 0.692. The van der Waals surface area contributed by atoms with Gasteiger partial charge in [-0.2, -0.15) is 0 Å². The molecule has 86 valence electrons. The van der Waals surface area contributed by atoms with Gasteiger partial charge in [0.2, 0.25) is 0 Å². The summed E-state index contributed by atoms with van der Waals surface area (Å²) in [5.41, 5.74) is 0. The van der Waals surface area contributed by atoms with Crippen LogP contribution in [0, 0.1) is 5.92 Å². The molecule has 0 amide bonds. The number of hydrogen-bond donors (Lipinski definition) is 0. The number of carbonyl (C=O) groups is 1. The third kappa shape index (κ3) is 3.02. The zero-order chi connectivity index (χ0) is 10.7. The minimum Gasteiger partial charge on any atom is -0.377 e. The van der Waals surface area contributed by atoms with E-state index in [0.717, 1.165) is 51.9 Å². The van der Waals surface area contributed by atoms with Gasteiger partial charge in [0.15, 0.2) is 0 Å². The molecule has 2 unspecified atom stereocenters. The van der Waals surface area contributed by atoms with Gasteiger partial charge in [0, 0.05) is 38.6 Å². The third-order valence-electron chi connectivity index (χ3n) is 3.45. The van der Waals surface area contributed by atoms with Gasteiger partial charge in [0.25, 0.3) is 0 Å². The van der Waals surface area contributed by atoms with Crippen LogP contribution in [0.1, 0.15) is 32.6 Å². The Morgan fingerprint density at radius 1 is 1.47 bits per heavy atom. The fourth-order valence-corrected chi connectivity index (χ4v) is 2.64. The summed E-state index contributed by atoms with van der Waals surface area (Å²) < 4.78 is 5.60. The highest BCUT2D eigenvalue weighted by Crippen LogP contribution is 2.22. The summed E-state index contributed by atoms with van der Waals surface area (Å²) in [5, 5.41) is 0. The number of Topliss-reactive ketones (excluding diaryl/α,β-unsaturated/α-hetero) is 1. The lowest BCUT2D eigenvalue weighted by Crippen LogP contribution is -2.35. The fraction of sp³-hybridized carbons (Fsp3) is 0.917. The molecule has 0 radical (unpaired) electrons. The van der Waals surface area contributed by atoms with Crippen molar-refractivity contribution >= 4 is 5.78 Å². The summed E-state index contributed by atoms with van der Waals surface area (Å²) >= 11 is 0. The maximum Gasteiger partial charge on any atom is 0.137 e. The van der Waals surface area contributed by atoms with E-state index in [1.165, 1.54) is 0 Å². The van der Waals surface area contributed by atoms with E-state index in [9.17, 15) is 4.79 Å². The smallest absolute Gasteiger partial charge is 0.137 e. The van der Waals surface area contributed by atoms with Crippen molar-refractivity contribution < 1.29 is 9.53 Å². The largest absolute Gasteiger partial charge is 0.377 e. The van der Waals surface area contributed by atoms with Crippen LogP contribution in [0.5, 0.6) is 0 Å². The first-order valence-corrected chi connectivity index (χ1v) is 6.12. The Balaban J connectivity index is 1.84. The molecule has 2 fully saturated rings. The van der Waals surface area contributed by atoms with E-state index in [-0.39, 0.29) is 0 Å².